The van der Waals surface area contributed by atoms with Crippen molar-refractivity contribution in [3.05, 3.63) is 59.6 Å². The van der Waals surface area contributed by atoms with E-state index < -0.39 is 0 Å². The van der Waals surface area contributed by atoms with Gasteiger partial charge in [0.1, 0.15) is 5.01 Å². The number of fused-ring (bicyclic) bond motifs is 2. The number of nitrogens with zero attached hydrogens (tertiary/aromatic N) is 8. The van der Waals surface area contributed by atoms with Crippen LogP contribution in [0, 0.1) is 0 Å². The second kappa shape index (κ2) is 8.01. The lowest BCUT2D eigenvalue weighted by molar-refractivity contribution is 0.272. The first kappa shape index (κ1) is 20.4. The van der Waals surface area contributed by atoms with Crippen LogP contribution < -0.4 is 5.73 Å². The van der Waals surface area contributed by atoms with Gasteiger partial charge in [0.15, 0.2) is 10.7 Å². The molecule has 5 aromatic heterocycles. The van der Waals surface area contributed by atoms with Gasteiger partial charge < -0.3 is 10.8 Å². The number of pyridine rings is 1. The van der Waals surface area contributed by atoms with Crippen LogP contribution in [-0.2, 0) is 6.54 Å². The Kier molecular flexibility index (Phi) is 4.81. The molecule has 11 nitrogen and oxygen atoms in total. The SMILES string of the molecule is CC(CO)c1nnc(-c2cc(-c3cnn(Cc4cccc5cn[nH]c45)c3)cn3nc(N)nc23)s1. The van der Waals surface area contributed by atoms with Gasteiger partial charge in [-0.15, -0.1) is 15.3 Å². The Hall–Kier alpha value is -4.16. The molecule has 5 heterocycles. The number of hydrogen-bond acceptors (Lipinski definition) is 9. The van der Waals surface area contributed by atoms with Gasteiger partial charge in [-0.3, -0.25) is 9.78 Å². The van der Waals surface area contributed by atoms with E-state index in [1.54, 1.807) is 4.52 Å². The minimum absolute atomic E-state index is 0.00736. The molecule has 6 rings (SSSR count). The van der Waals surface area contributed by atoms with Crippen LogP contribution in [-0.4, -0.2) is 56.5 Å². The van der Waals surface area contributed by atoms with Crippen LogP contribution in [0.25, 0.3) is 38.2 Å². The maximum atomic E-state index is 9.47. The zero-order valence-corrected chi connectivity index (χ0v) is 18.9. The number of aromatic amines is 1. The number of aromatic nitrogens is 9. The molecule has 4 N–H and O–H groups in total. The molecule has 0 amide bonds. The summed E-state index contributed by atoms with van der Waals surface area (Å²) in [5, 5.41) is 36.6. The average Bonchev–Trinajstić information content (AvgIpc) is 3.63. The molecule has 1 unspecified atom stereocenters. The molecule has 1 atom stereocenters. The van der Waals surface area contributed by atoms with Crippen molar-refractivity contribution in [2.45, 2.75) is 19.4 Å². The van der Waals surface area contributed by atoms with Crippen molar-refractivity contribution in [1.29, 1.82) is 0 Å². The highest BCUT2D eigenvalue weighted by Crippen LogP contribution is 2.33. The number of aliphatic hydroxyl groups excluding tert-OH is 1. The van der Waals surface area contributed by atoms with E-state index >= 15 is 0 Å². The van der Waals surface area contributed by atoms with Crippen LogP contribution in [0.3, 0.4) is 0 Å². The summed E-state index contributed by atoms with van der Waals surface area (Å²) < 4.78 is 3.54. The Morgan fingerprint density at radius 3 is 2.97 bits per heavy atom. The summed E-state index contributed by atoms with van der Waals surface area (Å²) in [6.45, 7) is 2.51. The van der Waals surface area contributed by atoms with E-state index in [0.717, 1.165) is 38.2 Å². The minimum atomic E-state index is -0.0917. The number of nitrogens with two attached hydrogens (primary N) is 1. The van der Waals surface area contributed by atoms with E-state index in [0.29, 0.717) is 17.2 Å². The summed E-state index contributed by atoms with van der Waals surface area (Å²) in [5.41, 5.74) is 11.2. The van der Waals surface area contributed by atoms with Crippen LogP contribution >= 0.6 is 11.3 Å². The number of para-hydroxylation sites is 1. The van der Waals surface area contributed by atoms with Gasteiger partial charge in [-0.1, -0.05) is 36.5 Å². The maximum Gasteiger partial charge on any atom is 0.240 e. The van der Waals surface area contributed by atoms with Crippen molar-refractivity contribution in [3.63, 3.8) is 0 Å². The van der Waals surface area contributed by atoms with Gasteiger partial charge in [-0.05, 0) is 11.6 Å². The summed E-state index contributed by atoms with van der Waals surface area (Å²) in [7, 11) is 0. The number of hydrogen-bond donors (Lipinski definition) is 3. The van der Waals surface area contributed by atoms with E-state index in [1.807, 2.05) is 54.6 Å². The molecule has 1 aromatic carbocycles. The molecule has 0 fully saturated rings. The van der Waals surface area contributed by atoms with Gasteiger partial charge in [0.05, 0.1) is 36.6 Å². The topological polar surface area (TPSA) is 149 Å². The third kappa shape index (κ3) is 3.49. The zero-order valence-electron chi connectivity index (χ0n) is 18.1. The fraction of sp³-hybridized carbons (Fsp3) is 0.182. The van der Waals surface area contributed by atoms with Crippen molar-refractivity contribution in [3.8, 4) is 21.7 Å². The standard InChI is InChI=1S/C22H20N10OS/c1-12(11-33)20-28-29-21(34-20)17-5-15(10-32-19(17)26-22(23)30-32)16-7-25-31(9-16)8-14-4-2-3-13-6-24-27-18(13)14/h2-7,9-10,12,33H,8,11H2,1H3,(H2,23,30)(H,24,27). The number of aliphatic hydroxyl groups is 1. The van der Waals surface area contributed by atoms with Crippen LogP contribution in [0.2, 0.25) is 0 Å². The van der Waals surface area contributed by atoms with Crippen molar-refractivity contribution < 1.29 is 5.11 Å². The monoisotopic (exact) mass is 472 g/mol. The number of H-pyrrole nitrogens is 1. The molecule has 0 radical (unpaired) electrons. The predicted molar refractivity (Wildman–Crippen MR) is 128 cm³/mol. The normalized spacial score (nSPS) is 12.6. The zero-order chi connectivity index (χ0) is 23.2. The van der Waals surface area contributed by atoms with Crippen LogP contribution in [0.4, 0.5) is 5.95 Å². The largest absolute Gasteiger partial charge is 0.396 e. The van der Waals surface area contributed by atoms with Crippen molar-refractivity contribution in [1.82, 2.24) is 44.8 Å². The Morgan fingerprint density at radius 2 is 2.09 bits per heavy atom. The number of nitrogen functional groups attached to an aromatic ring is 1. The quantitative estimate of drug-likeness (QED) is 0.335. The third-order valence-electron chi connectivity index (χ3n) is 5.68. The van der Waals surface area contributed by atoms with E-state index in [9.17, 15) is 5.11 Å². The van der Waals surface area contributed by atoms with Crippen LogP contribution in [0.1, 0.15) is 23.4 Å². The van der Waals surface area contributed by atoms with Gasteiger partial charge >= 0.3 is 0 Å². The molecule has 0 saturated carbocycles. The fourth-order valence-corrected chi connectivity index (χ4v) is 4.77. The van der Waals surface area contributed by atoms with Gasteiger partial charge in [-0.2, -0.15) is 15.2 Å². The minimum Gasteiger partial charge on any atom is -0.396 e. The summed E-state index contributed by atoms with van der Waals surface area (Å²) in [6, 6.07) is 8.09. The summed E-state index contributed by atoms with van der Waals surface area (Å²) in [4.78, 5) is 4.37. The summed E-state index contributed by atoms with van der Waals surface area (Å²) in [5.74, 6) is 0.0844. The van der Waals surface area contributed by atoms with Gasteiger partial charge in [0, 0.05) is 34.8 Å². The summed E-state index contributed by atoms with van der Waals surface area (Å²) in [6.07, 6.45) is 7.49. The Balaban J connectivity index is 1.39. The second-order valence-corrected chi connectivity index (χ2v) is 9.10. The van der Waals surface area contributed by atoms with Crippen molar-refractivity contribution in [2.75, 3.05) is 12.3 Å². The maximum absolute atomic E-state index is 9.47. The van der Waals surface area contributed by atoms with E-state index in [2.05, 4.69) is 41.6 Å². The average molecular weight is 473 g/mol. The Morgan fingerprint density at radius 1 is 1.18 bits per heavy atom. The molecule has 0 saturated heterocycles. The molecular weight excluding hydrogens is 452 g/mol. The highest BCUT2D eigenvalue weighted by atomic mass is 32.1. The molecule has 34 heavy (non-hydrogen) atoms. The molecule has 6 aromatic rings. The molecule has 12 heteroatoms. The first-order valence-electron chi connectivity index (χ1n) is 10.6. The lowest BCUT2D eigenvalue weighted by Crippen LogP contribution is -2.00. The smallest absolute Gasteiger partial charge is 0.240 e. The van der Waals surface area contributed by atoms with Gasteiger partial charge in [0.25, 0.3) is 0 Å². The number of anilines is 1. The van der Waals surface area contributed by atoms with E-state index in [4.69, 9.17) is 5.73 Å². The molecule has 170 valence electrons. The van der Waals surface area contributed by atoms with Gasteiger partial charge in [0.2, 0.25) is 5.95 Å². The highest BCUT2D eigenvalue weighted by Gasteiger charge is 2.18. The lowest BCUT2D eigenvalue weighted by Gasteiger charge is -2.05. The van der Waals surface area contributed by atoms with E-state index in [1.165, 1.54) is 11.3 Å². The van der Waals surface area contributed by atoms with Crippen LogP contribution in [0.15, 0.2) is 49.1 Å². The van der Waals surface area contributed by atoms with E-state index in [-0.39, 0.29) is 18.5 Å². The second-order valence-electron chi connectivity index (χ2n) is 8.09. The number of rotatable bonds is 6. The molecular formula is C22H20N10OS. The molecule has 0 aliphatic rings. The van der Waals surface area contributed by atoms with Crippen molar-refractivity contribution >= 4 is 33.8 Å². The number of nitrogens with one attached hydrogen (secondary N) is 1. The number of benzene rings is 1. The first-order valence-corrected chi connectivity index (χ1v) is 11.4. The van der Waals surface area contributed by atoms with Crippen LogP contribution in [0.5, 0.6) is 0 Å². The fourth-order valence-electron chi connectivity index (χ4n) is 3.87. The molecule has 0 aliphatic carbocycles. The Bertz CT molecular complexity index is 1630. The van der Waals surface area contributed by atoms with Gasteiger partial charge in [-0.25, -0.2) is 4.52 Å². The first-order chi connectivity index (χ1) is 16.6. The Labute approximate surface area is 196 Å². The molecule has 0 spiro atoms. The third-order valence-corrected chi connectivity index (χ3v) is 6.87. The molecule has 0 bridgehead atoms. The highest BCUT2D eigenvalue weighted by molar-refractivity contribution is 7.14. The van der Waals surface area contributed by atoms with Crippen molar-refractivity contribution in [2.24, 2.45) is 0 Å². The lowest BCUT2D eigenvalue weighted by atomic mass is 10.1. The predicted octanol–water partition coefficient (Wildman–Crippen LogP) is 2.71. The summed E-state index contributed by atoms with van der Waals surface area (Å²) >= 11 is 1.42. The molecule has 0 aliphatic heterocycles.